The van der Waals surface area contributed by atoms with E-state index in [2.05, 4.69) is 0 Å². The summed E-state index contributed by atoms with van der Waals surface area (Å²) in [6, 6.07) is 5.39. The fourth-order valence-corrected chi connectivity index (χ4v) is 4.58. The minimum Gasteiger partial charge on any atom is -0.258 e. The van der Waals surface area contributed by atoms with Crippen LogP contribution < -0.4 is 0 Å². The van der Waals surface area contributed by atoms with E-state index in [1.807, 2.05) is 0 Å². The summed E-state index contributed by atoms with van der Waals surface area (Å²) in [7, 11) is -3.46. The molecule has 0 amide bonds. The molecule has 0 bridgehead atoms. The Morgan fingerprint density at radius 3 is 2.22 bits per heavy atom. The Balaban J connectivity index is 1.88. The Morgan fingerprint density at radius 1 is 1.17 bits per heavy atom. The molecule has 96 valence electrons. The summed E-state index contributed by atoms with van der Waals surface area (Å²) in [6.07, 6.45) is 2.94. The highest BCUT2D eigenvalue weighted by atomic mass is 32.2. The van der Waals surface area contributed by atoms with Gasteiger partial charge >= 0.3 is 0 Å². The maximum Gasteiger partial charge on any atom is 0.269 e. The molecule has 2 aliphatic rings. The molecule has 2 atom stereocenters. The van der Waals surface area contributed by atoms with Gasteiger partial charge in [0.2, 0.25) is 10.0 Å². The Hall–Kier alpha value is -1.47. The molecule has 1 aromatic carbocycles. The lowest BCUT2D eigenvalue weighted by Gasteiger charge is -2.08. The van der Waals surface area contributed by atoms with Crippen molar-refractivity contribution in [1.82, 2.24) is 4.31 Å². The Labute approximate surface area is 104 Å². The van der Waals surface area contributed by atoms with Crippen LogP contribution in [-0.2, 0) is 10.0 Å². The summed E-state index contributed by atoms with van der Waals surface area (Å²) in [6.45, 7) is 0. The molecule has 1 heterocycles. The third kappa shape index (κ3) is 1.62. The molecule has 0 spiro atoms. The van der Waals surface area contributed by atoms with Gasteiger partial charge in [0.15, 0.2) is 0 Å². The second-order valence-electron chi connectivity index (χ2n) is 4.65. The van der Waals surface area contributed by atoms with Crippen LogP contribution >= 0.6 is 0 Å². The molecular formula is C11H12N2O4S. The smallest absolute Gasteiger partial charge is 0.258 e. The molecule has 6 nitrogen and oxygen atoms in total. The van der Waals surface area contributed by atoms with Crippen molar-refractivity contribution >= 4 is 15.7 Å². The third-order valence-corrected chi connectivity index (χ3v) is 5.60. The van der Waals surface area contributed by atoms with Crippen LogP contribution in [0.15, 0.2) is 29.2 Å². The quantitative estimate of drug-likeness (QED) is 0.473. The van der Waals surface area contributed by atoms with Crippen molar-refractivity contribution in [2.24, 2.45) is 0 Å². The number of non-ortho nitro benzene ring substituents is 1. The zero-order valence-electron chi connectivity index (χ0n) is 9.52. The van der Waals surface area contributed by atoms with E-state index in [0.29, 0.717) is 0 Å². The molecular weight excluding hydrogens is 256 g/mol. The highest BCUT2D eigenvalue weighted by molar-refractivity contribution is 7.89. The standard InChI is InChI=1S/C11H12N2O4S/c14-13(15)8-4-6-9(7-5-8)18(16,17)12-10-2-1-3-11(10)12/h4-7,10-11H,1-3H2/t10-,11-/m0/s1. The zero-order chi connectivity index (χ0) is 12.9. The highest BCUT2D eigenvalue weighted by Crippen LogP contribution is 2.46. The number of nitrogens with zero attached hydrogens (tertiary/aromatic N) is 2. The molecule has 0 unspecified atom stereocenters. The van der Waals surface area contributed by atoms with Crippen molar-refractivity contribution in [2.45, 2.75) is 36.2 Å². The number of hydrogen-bond donors (Lipinski definition) is 0. The van der Waals surface area contributed by atoms with E-state index in [1.54, 1.807) is 0 Å². The molecule has 7 heteroatoms. The largest absolute Gasteiger partial charge is 0.269 e. The van der Waals surface area contributed by atoms with Crippen LogP contribution in [0.5, 0.6) is 0 Å². The second kappa shape index (κ2) is 3.76. The number of rotatable bonds is 3. The van der Waals surface area contributed by atoms with Gasteiger partial charge in [-0.2, -0.15) is 4.31 Å². The van der Waals surface area contributed by atoms with Crippen molar-refractivity contribution in [3.8, 4) is 0 Å². The normalized spacial score (nSPS) is 29.9. The van der Waals surface area contributed by atoms with Gasteiger partial charge < -0.3 is 0 Å². The molecule has 1 saturated heterocycles. The number of nitro benzene ring substituents is 1. The van der Waals surface area contributed by atoms with Crippen LogP contribution in [-0.4, -0.2) is 29.7 Å². The summed E-state index contributed by atoms with van der Waals surface area (Å²) in [5, 5.41) is 10.5. The van der Waals surface area contributed by atoms with Crippen LogP contribution in [0.1, 0.15) is 19.3 Å². The molecule has 1 aliphatic carbocycles. The van der Waals surface area contributed by atoms with E-state index in [1.165, 1.54) is 28.6 Å². The topological polar surface area (TPSA) is 80.3 Å². The van der Waals surface area contributed by atoms with Crippen molar-refractivity contribution in [3.05, 3.63) is 34.4 Å². The lowest BCUT2D eigenvalue weighted by Crippen LogP contribution is -2.17. The van der Waals surface area contributed by atoms with Gasteiger partial charge in [0.05, 0.1) is 9.82 Å². The summed E-state index contributed by atoms with van der Waals surface area (Å²) in [5.41, 5.74) is -0.0973. The number of sulfonamides is 1. The summed E-state index contributed by atoms with van der Waals surface area (Å²) < 4.78 is 26.0. The van der Waals surface area contributed by atoms with E-state index >= 15 is 0 Å². The number of fused-ring (bicyclic) bond motifs is 1. The average Bonchev–Trinajstić information content (AvgIpc) is 2.86. The van der Waals surface area contributed by atoms with E-state index in [4.69, 9.17) is 0 Å². The van der Waals surface area contributed by atoms with Crippen molar-refractivity contribution in [2.75, 3.05) is 0 Å². The highest BCUT2D eigenvalue weighted by Gasteiger charge is 2.57. The minimum atomic E-state index is -3.46. The molecule has 1 aromatic rings. The molecule has 0 aromatic heterocycles. The maximum absolute atomic E-state index is 12.2. The molecule has 1 saturated carbocycles. The molecule has 0 radical (unpaired) electrons. The van der Waals surface area contributed by atoms with E-state index in [0.717, 1.165) is 19.3 Å². The van der Waals surface area contributed by atoms with Gasteiger partial charge in [-0.15, -0.1) is 0 Å². The number of benzene rings is 1. The Bertz CT molecular complexity index is 586. The first-order valence-corrected chi connectivity index (χ1v) is 7.24. The van der Waals surface area contributed by atoms with Crippen LogP contribution in [0.4, 0.5) is 5.69 Å². The molecule has 0 N–H and O–H groups in total. The fourth-order valence-electron chi connectivity index (χ4n) is 2.70. The van der Waals surface area contributed by atoms with Crippen LogP contribution in [0.25, 0.3) is 0 Å². The van der Waals surface area contributed by atoms with Crippen molar-refractivity contribution in [3.63, 3.8) is 0 Å². The summed E-state index contributed by atoms with van der Waals surface area (Å²) >= 11 is 0. The summed E-state index contributed by atoms with van der Waals surface area (Å²) in [4.78, 5) is 10.1. The zero-order valence-corrected chi connectivity index (χ0v) is 10.3. The van der Waals surface area contributed by atoms with Crippen LogP contribution in [0, 0.1) is 10.1 Å². The van der Waals surface area contributed by atoms with Gasteiger partial charge in [0.25, 0.3) is 5.69 Å². The van der Waals surface area contributed by atoms with E-state index in [9.17, 15) is 18.5 Å². The van der Waals surface area contributed by atoms with Gasteiger partial charge in [-0.25, -0.2) is 8.42 Å². The lowest BCUT2D eigenvalue weighted by atomic mass is 10.3. The molecule has 18 heavy (non-hydrogen) atoms. The number of nitro groups is 1. The van der Waals surface area contributed by atoms with Gasteiger partial charge in [-0.05, 0) is 25.0 Å². The first-order valence-electron chi connectivity index (χ1n) is 5.80. The summed E-state index contributed by atoms with van der Waals surface area (Å²) in [5.74, 6) is 0. The van der Waals surface area contributed by atoms with Gasteiger partial charge in [-0.1, -0.05) is 6.42 Å². The maximum atomic E-state index is 12.2. The SMILES string of the molecule is O=[N+]([O-])c1ccc(S(=O)(=O)N2[C@H]3CCC[C@@H]32)cc1. The average molecular weight is 268 g/mol. The van der Waals surface area contributed by atoms with Gasteiger partial charge in [-0.3, -0.25) is 10.1 Å². The third-order valence-electron chi connectivity index (χ3n) is 3.63. The first-order chi connectivity index (χ1) is 8.51. The van der Waals surface area contributed by atoms with Gasteiger partial charge in [0.1, 0.15) is 0 Å². The van der Waals surface area contributed by atoms with Crippen molar-refractivity contribution < 1.29 is 13.3 Å². The lowest BCUT2D eigenvalue weighted by molar-refractivity contribution is -0.384. The molecule has 1 aliphatic heterocycles. The van der Waals surface area contributed by atoms with E-state index in [-0.39, 0.29) is 22.7 Å². The predicted molar refractivity (Wildman–Crippen MR) is 63.5 cm³/mol. The predicted octanol–water partition coefficient (Wildman–Crippen LogP) is 1.52. The van der Waals surface area contributed by atoms with Crippen LogP contribution in [0.2, 0.25) is 0 Å². The van der Waals surface area contributed by atoms with Gasteiger partial charge in [0, 0.05) is 24.2 Å². The number of hydrogen-bond acceptors (Lipinski definition) is 4. The fraction of sp³-hybridized carbons (Fsp3) is 0.455. The second-order valence-corrected chi connectivity index (χ2v) is 6.49. The Morgan fingerprint density at radius 2 is 1.72 bits per heavy atom. The molecule has 3 rings (SSSR count). The van der Waals surface area contributed by atoms with Crippen LogP contribution in [0.3, 0.4) is 0 Å². The van der Waals surface area contributed by atoms with Crippen molar-refractivity contribution in [1.29, 1.82) is 0 Å². The first kappa shape index (κ1) is 11.6. The minimum absolute atomic E-state index is 0.0973. The number of piperidine rings is 1. The molecule has 2 fully saturated rings. The monoisotopic (exact) mass is 268 g/mol. The van der Waals surface area contributed by atoms with E-state index < -0.39 is 14.9 Å². The Kier molecular flexibility index (Phi) is 2.43.